The fourth-order valence-corrected chi connectivity index (χ4v) is 1.76. The Labute approximate surface area is 93.3 Å². The van der Waals surface area contributed by atoms with E-state index in [9.17, 15) is 0 Å². The smallest absolute Gasteiger partial charge is 0.163 e. The molecule has 4 nitrogen and oxygen atoms in total. The first-order valence-corrected chi connectivity index (χ1v) is 5.31. The van der Waals surface area contributed by atoms with Crippen LogP contribution in [-0.2, 0) is 6.54 Å². The highest BCUT2D eigenvalue weighted by Crippen LogP contribution is 2.20. The summed E-state index contributed by atoms with van der Waals surface area (Å²) in [7, 11) is 0. The zero-order valence-electron chi connectivity index (χ0n) is 9.03. The topological polar surface area (TPSA) is 43.6 Å². The summed E-state index contributed by atoms with van der Waals surface area (Å²) in [6, 6.07) is 0. The van der Waals surface area contributed by atoms with Gasteiger partial charge in [0.2, 0.25) is 0 Å². The van der Waals surface area contributed by atoms with Crippen LogP contribution < -0.4 is 0 Å². The average Bonchev–Trinajstić information content (AvgIpc) is 2.48. The van der Waals surface area contributed by atoms with E-state index >= 15 is 0 Å². The number of fused-ring (bicyclic) bond motifs is 1. The van der Waals surface area contributed by atoms with Gasteiger partial charge in [-0.05, 0) is 12.8 Å². The second kappa shape index (κ2) is 3.77. The van der Waals surface area contributed by atoms with E-state index in [2.05, 4.69) is 28.9 Å². The SMILES string of the molecule is Cc1nc(Cl)c2cnn(CC(C)C)c2n1. The van der Waals surface area contributed by atoms with Gasteiger partial charge in [0.25, 0.3) is 0 Å². The number of aryl methyl sites for hydroxylation is 1. The van der Waals surface area contributed by atoms with Crippen molar-refractivity contribution in [2.45, 2.75) is 27.3 Å². The van der Waals surface area contributed by atoms with Gasteiger partial charge < -0.3 is 0 Å². The minimum absolute atomic E-state index is 0.479. The molecule has 2 heterocycles. The van der Waals surface area contributed by atoms with Crippen molar-refractivity contribution in [1.82, 2.24) is 19.7 Å². The van der Waals surface area contributed by atoms with Crippen LogP contribution in [0.4, 0.5) is 0 Å². The summed E-state index contributed by atoms with van der Waals surface area (Å²) >= 11 is 6.01. The Hall–Kier alpha value is -1.16. The third kappa shape index (κ3) is 1.95. The molecule has 2 rings (SSSR count). The molecule has 5 heteroatoms. The Morgan fingerprint density at radius 2 is 2.13 bits per heavy atom. The van der Waals surface area contributed by atoms with Crippen LogP contribution in [0.1, 0.15) is 19.7 Å². The van der Waals surface area contributed by atoms with Crippen LogP contribution in [0, 0.1) is 12.8 Å². The first-order valence-electron chi connectivity index (χ1n) is 4.93. The van der Waals surface area contributed by atoms with Crippen molar-refractivity contribution < 1.29 is 0 Å². The van der Waals surface area contributed by atoms with Gasteiger partial charge in [-0.1, -0.05) is 25.4 Å². The lowest BCUT2D eigenvalue weighted by atomic mass is 10.2. The average molecular weight is 225 g/mol. The van der Waals surface area contributed by atoms with E-state index in [4.69, 9.17) is 11.6 Å². The van der Waals surface area contributed by atoms with Crippen LogP contribution in [0.3, 0.4) is 0 Å². The molecule has 0 saturated heterocycles. The molecule has 0 saturated carbocycles. The van der Waals surface area contributed by atoms with Gasteiger partial charge in [0.05, 0.1) is 11.6 Å². The molecular weight excluding hydrogens is 212 g/mol. The van der Waals surface area contributed by atoms with E-state index in [-0.39, 0.29) is 0 Å². The Kier molecular flexibility index (Phi) is 2.61. The zero-order chi connectivity index (χ0) is 11.0. The predicted molar refractivity (Wildman–Crippen MR) is 59.9 cm³/mol. The summed E-state index contributed by atoms with van der Waals surface area (Å²) in [5.41, 5.74) is 0.821. The maximum absolute atomic E-state index is 6.01. The van der Waals surface area contributed by atoms with Gasteiger partial charge in [0.1, 0.15) is 11.0 Å². The van der Waals surface area contributed by atoms with Crippen molar-refractivity contribution in [2.24, 2.45) is 5.92 Å². The number of aromatic nitrogens is 4. The second-order valence-electron chi connectivity index (χ2n) is 4.02. The van der Waals surface area contributed by atoms with E-state index in [1.54, 1.807) is 6.20 Å². The molecular formula is C10H13ClN4. The first-order chi connectivity index (χ1) is 7.08. The fraction of sp³-hybridized carbons (Fsp3) is 0.500. The summed E-state index contributed by atoms with van der Waals surface area (Å²) < 4.78 is 1.88. The standard InChI is InChI=1S/C10H13ClN4/c1-6(2)5-15-10-8(4-12-15)9(11)13-7(3)14-10/h4,6H,5H2,1-3H3. The molecule has 0 bridgehead atoms. The summed E-state index contributed by atoms with van der Waals surface area (Å²) in [5, 5.41) is 5.57. The molecule has 0 N–H and O–H groups in total. The fourth-order valence-electron chi connectivity index (χ4n) is 1.50. The molecule has 0 aliphatic carbocycles. The molecule has 0 aliphatic heterocycles. The van der Waals surface area contributed by atoms with E-state index in [1.807, 2.05) is 11.6 Å². The van der Waals surface area contributed by atoms with Crippen molar-refractivity contribution in [3.63, 3.8) is 0 Å². The van der Waals surface area contributed by atoms with Crippen molar-refractivity contribution in [1.29, 1.82) is 0 Å². The Balaban J connectivity index is 2.58. The van der Waals surface area contributed by atoms with Crippen LogP contribution in [0.5, 0.6) is 0 Å². The second-order valence-corrected chi connectivity index (χ2v) is 4.38. The van der Waals surface area contributed by atoms with Crippen molar-refractivity contribution in [3.05, 3.63) is 17.2 Å². The molecule has 80 valence electrons. The highest BCUT2D eigenvalue weighted by Gasteiger charge is 2.10. The molecule has 0 aromatic carbocycles. The van der Waals surface area contributed by atoms with Crippen LogP contribution in [0.25, 0.3) is 11.0 Å². The monoisotopic (exact) mass is 224 g/mol. The highest BCUT2D eigenvalue weighted by atomic mass is 35.5. The van der Waals surface area contributed by atoms with Gasteiger partial charge in [-0.15, -0.1) is 0 Å². The summed E-state index contributed by atoms with van der Waals surface area (Å²) in [4.78, 5) is 8.45. The summed E-state index contributed by atoms with van der Waals surface area (Å²) in [5.74, 6) is 1.21. The molecule has 0 amide bonds. The molecule has 0 spiro atoms. The molecule has 2 aromatic heterocycles. The third-order valence-corrected chi connectivity index (χ3v) is 2.39. The number of halogens is 1. The highest BCUT2D eigenvalue weighted by molar-refractivity contribution is 6.33. The molecule has 0 radical (unpaired) electrons. The van der Waals surface area contributed by atoms with Gasteiger partial charge in [-0.2, -0.15) is 5.10 Å². The minimum atomic E-state index is 0.479. The molecule has 0 aliphatic rings. The Bertz CT molecular complexity index is 489. The van der Waals surface area contributed by atoms with E-state index < -0.39 is 0 Å². The Morgan fingerprint density at radius 3 is 2.80 bits per heavy atom. The van der Waals surface area contributed by atoms with Gasteiger partial charge in [-0.25, -0.2) is 14.6 Å². The maximum atomic E-state index is 6.01. The summed E-state index contributed by atoms with van der Waals surface area (Å²) in [6.07, 6.45) is 1.72. The quantitative estimate of drug-likeness (QED) is 0.736. The lowest BCUT2D eigenvalue weighted by molar-refractivity contribution is 0.492. The van der Waals surface area contributed by atoms with Crippen LogP contribution in [0.15, 0.2) is 6.20 Å². The number of hydrogen-bond donors (Lipinski definition) is 0. The van der Waals surface area contributed by atoms with E-state index in [1.165, 1.54) is 0 Å². The summed E-state index contributed by atoms with van der Waals surface area (Å²) in [6.45, 7) is 6.96. The van der Waals surface area contributed by atoms with E-state index in [0.717, 1.165) is 17.6 Å². The molecule has 0 atom stereocenters. The van der Waals surface area contributed by atoms with Crippen LogP contribution in [-0.4, -0.2) is 19.7 Å². The van der Waals surface area contributed by atoms with Gasteiger partial charge in [-0.3, -0.25) is 0 Å². The minimum Gasteiger partial charge on any atom is -0.247 e. The third-order valence-electron chi connectivity index (χ3n) is 2.10. The Morgan fingerprint density at radius 1 is 1.40 bits per heavy atom. The first kappa shape index (κ1) is 10.4. The van der Waals surface area contributed by atoms with Crippen LogP contribution in [0.2, 0.25) is 5.15 Å². The molecule has 2 aromatic rings. The van der Waals surface area contributed by atoms with E-state index in [0.29, 0.717) is 16.9 Å². The molecule has 0 fully saturated rings. The molecule has 0 unspecified atom stereocenters. The van der Waals surface area contributed by atoms with Gasteiger partial charge >= 0.3 is 0 Å². The number of hydrogen-bond acceptors (Lipinski definition) is 3. The largest absolute Gasteiger partial charge is 0.247 e. The normalized spacial score (nSPS) is 11.5. The van der Waals surface area contributed by atoms with Crippen molar-refractivity contribution >= 4 is 22.6 Å². The lowest BCUT2D eigenvalue weighted by Gasteiger charge is -2.05. The number of rotatable bonds is 2. The van der Waals surface area contributed by atoms with Gasteiger partial charge in [0.15, 0.2) is 5.65 Å². The number of nitrogens with zero attached hydrogens (tertiary/aromatic N) is 4. The van der Waals surface area contributed by atoms with Gasteiger partial charge in [0, 0.05) is 6.54 Å². The lowest BCUT2D eigenvalue weighted by Crippen LogP contribution is -2.07. The zero-order valence-corrected chi connectivity index (χ0v) is 9.78. The maximum Gasteiger partial charge on any atom is 0.163 e. The predicted octanol–water partition coefficient (Wildman–Crippen LogP) is 2.44. The van der Waals surface area contributed by atoms with Crippen LogP contribution >= 0.6 is 11.6 Å². The molecule has 15 heavy (non-hydrogen) atoms. The van der Waals surface area contributed by atoms with Crippen molar-refractivity contribution in [3.8, 4) is 0 Å². The van der Waals surface area contributed by atoms with Crippen molar-refractivity contribution in [2.75, 3.05) is 0 Å².